The summed E-state index contributed by atoms with van der Waals surface area (Å²) in [7, 11) is 0. The molecule has 0 bridgehead atoms. The Morgan fingerprint density at radius 1 is 1.20 bits per heavy atom. The van der Waals surface area contributed by atoms with Crippen molar-refractivity contribution in [2.24, 2.45) is 0 Å². The van der Waals surface area contributed by atoms with Gasteiger partial charge in [-0.1, -0.05) is 17.7 Å². The van der Waals surface area contributed by atoms with Crippen molar-refractivity contribution in [3.8, 4) is 0 Å². The SMILES string of the molecule is Cc1ccc(C(=O)NCC(=O)NCC(F)(F)CO)cc1. The Labute approximate surface area is 115 Å². The van der Waals surface area contributed by atoms with Gasteiger partial charge in [0.15, 0.2) is 0 Å². The van der Waals surface area contributed by atoms with E-state index in [1.165, 1.54) is 0 Å². The Bertz CT molecular complexity index is 475. The topological polar surface area (TPSA) is 78.4 Å². The number of carbonyl (C=O) groups is 2. The van der Waals surface area contributed by atoms with Crippen molar-refractivity contribution in [2.45, 2.75) is 12.8 Å². The summed E-state index contributed by atoms with van der Waals surface area (Å²) in [4.78, 5) is 22.9. The van der Waals surface area contributed by atoms with Gasteiger partial charge in [0, 0.05) is 5.56 Å². The minimum atomic E-state index is -3.36. The summed E-state index contributed by atoms with van der Waals surface area (Å²) < 4.78 is 25.3. The summed E-state index contributed by atoms with van der Waals surface area (Å²) in [6.45, 7) is -0.851. The van der Waals surface area contributed by atoms with Crippen molar-refractivity contribution in [1.29, 1.82) is 0 Å². The molecular formula is C13H16F2N2O3. The molecular weight excluding hydrogens is 270 g/mol. The van der Waals surface area contributed by atoms with E-state index in [1.54, 1.807) is 24.3 Å². The molecule has 0 aliphatic carbocycles. The van der Waals surface area contributed by atoms with Crippen LogP contribution in [0.15, 0.2) is 24.3 Å². The minimum Gasteiger partial charge on any atom is -0.390 e. The van der Waals surface area contributed by atoms with Gasteiger partial charge in [-0.15, -0.1) is 0 Å². The van der Waals surface area contributed by atoms with Gasteiger partial charge >= 0.3 is 0 Å². The zero-order chi connectivity index (χ0) is 15.2. The van der Waals surface area contributed by atoms with E-state index in [0.29, 0.717) is 5.56 Å². The van der Waals surface area contributed by atoms with Crippen LogP contribution >= 0.6 is 0 Å². The van der Waals surface area contributed by atoms with Crippen LogP contribution in [0, 0.1) is 6.92 Å². The number of aliphatic hydroxyl groups excluding tert-OH is 1. The lowest BCUT2D eigenvalue weighted by Gasteiger charge is -2.14. The van der Waals surface area contributed by atoms with Gasteiger partial charge in [0.2, 0.25) is 5.91 Å². The smallest absolute Gasteiger partial charge is 0.287 e. The van der Waals surface area contributed by atoms with Gasteiger partial charge in [-0.2, -0.15) is 0 Å². The molecule has 110 valence electrons. The second-order valence-corrected chi connectivity index (χ2v) is 4.34. The third-order valence-electron chi connectivity index (χ3n) is 2.50. The van der Waals surface area contributed by atoms with Gasteiger partial charge in [-0.3, -0.25) is 9.59 Å². The summed E-state index contributed by atoms with van der Waals surface area (Å²) in [5.74, 6) is -4.58. The van der Waals surface area contributed by atoms with Crippen molar-refractivity contribution >= 4 is 11.8 Å². The van der Waals surface area contributed by atoms with Crippen LogP contribution in [-0.4, -0.2) is 42.5 Å². The van der Waals surface area contributed by atoms with E-state index in [-0.39, 0.29) is 0 Å². The lowest BCUT2D eigenvalue weighted by atomic mass is 10.1. The number of hydrogen-bond acceptors (Lipinski definition) is 3. The fraction of sp³-hybridized carbons (Fsp3) is 0.385. The van der Waals surface area contributed by atoms with Gasteiger partial charge in [0.25, 0.3) is 11.8 Å². The average molecular weight is 286 g/mol. The molecule has 0 unspecified atom stereocenters. The molecule has 0 spiro atoms. The first-order valence-electron chi connectivity index (χ1n) is 5.94. The third-order valence-corrected chi connectivity index (χ3v) is 2.50. The van der Waals surface area contributed by atoms with Crippen molar-refractivity contribution in [1.82, 2.24) is 10.6 Å². The largest absolute Gasteiger partial charge is 0.390 e. The molecule has 0 aromatic heterocycles. The normalized spacial score (nSPS) is 11.0. The van der Waals surface area contributed by atoms with Gasteiger partial charge in [-0.25, -0.2) is 8.78 Å². The van der Waals surface area contributed by atoms with Crippen LogP contribution in [0.4, 0.5) is 8.78 Å². The van der Waals surface area contributed by atoms with Gasteiger partial charge in [-0.05, 0) is 19.1 Å². The van der Waals surface area contributed by atoms with E-state index in [1.807, 2.05) is 12.2 Å². The maximum Gasteiger partial charge on any atom is 0.287 e. The molecule has 1 aromatic rings. The number of aliphatic hydroxyl groups is 1. The van der Waals surface area contributed by atoms with Crippen molar-refractivity contribution < 1.29 is 23.5 Å². The Hall–Kier alpha value is -2.02. The van der Waals surface area contributed by atoms with Crippen LogP contribution in [0.2, 0.25) is 0 Å². The van der Waals surface area contributed by atoms with Gasteiger partial charge in [0.05, 0.1) is 13.1 Å². The maximum absolute atomic E-state index is 12.7. The molecule has 7 heteroatoms. The van der Waals surface area contributed by atoms with E-state index in [0.717, 1.165) is 5.56 Å². The molecule has 20 heavy (non-hydrogen) atoms. The average Bonchev–Trinajstić information content (AvgIpc) is 2.43. The second-order valence-electron chi connectivity index (χ2n) is 4.34. The number of benzene rings is 1. The standard InChI is InChI=1S/C13H16F2N2O3/c1-9-2-4-10(5-3-9)12(20)16-6-11(19)17-7-13(14,15)8-18/h2-5,18H,6-8H2,1H3,(H,16,20)(H,17,19). The zero-order valence-electron chi connectivity index (χ0n) is 11.0. The van der Waals surface area contributed by atoms with E-state index in [2.05, 4.69) is 5.32 Å². The number of nitrogens with one attached hydrogen (secondary N) is 2. The van der Waals surface area contributed by atoms with Crippen molar-refractivity contribution in [3.05, 3.63) is 35.4 Å². The first kappa shape index (κ1) is 16.0. The van der Waals surface area contributed by atoms with E-state index < -0.39 is 37.4 Å². The van der Waals surface area contributed by atoms with Crippen LogP contribution in [0.25, 0.3) is 0 Å². The molecule has 0 atom stereocenters. The predicted molar refractivity (Wildman–Crippen MR) is 68.6 cm³/mol. The quantitative estimate of drug-likeness (QED) is 0.711. The second kappa shape index (κ2) is 6.95. The summed E-state index contributed by atoms with van der Waals surface area (Å²) in [6, 6.07) is 6.69. The van der Waals surface area contributed by atoms with Crippen LogP contribution in [-0.2, 0) is 4.79 Å². The molecule has 3 N–H and O–H groups in total. The fourth-order valence-corrected chi connectivity index (χ4v) is 1.31. The molecule has 0 aliphatic heterocycles. The van der Waals surface area contributed by atoms with Gasteiger partial charge in [0.1, 0.15) is 6.61 Å². The van der Waals surface area contributed by atoms with Crippen LogP contribution in [0.3, 0.4) is 0 Å². The number of rotatable bonds is 6. The fourth-order valence-electron chi connectivity index (χ4n) is 1.31. The number of amides is 2. The van der Waals surface area contributed by atoms with Gasteiger partial charge < -0.3 is 15.7 Å². The number of hydrogen-bond donors (Lipinski definition) is 3. The molecule has 0 radical (unpaired) electrons. The van der Waals surface area contributed by atoms with Crippen molar-refractivity contribution in [2.75, 3.05) is 19.7 Å². The first-order valence-corrected chi connectivity index (χ1v) is 5.94. The Balaban J connectivity index is 2.37. The summed E-state index contributed by atoms with van der Waals surface area (Å²) in [6.07, 6.45) is 0. The minimum absolute atomic E-state index is 0.379. The summed E-state index contributed by atoms with van der Waals surface area (Å²) in [5.41, 5.74) is 1.37. The van der Waals surface area contributed by atoms with Crippen LogP contribution in [0.1, 0.15) is 15.9 Å². The Kier molecular flexibility index (Phi) is 5.57. The molecule has 0 saturated heterocycles. The molecule has 0 heterocycles. The Morgan fingerprint density at radius 2 is 1.80 bits per heavy atom. The van der Waals surface area contributed by atoms with Crippen LogP contribution < -0.4 is 10.6 Å². The van der Waals surface area contributed by atoms with E-state index in [4.69, 9.17) is 5.11 Å². The Morgan fingerprint density at radius 3 is 2.35 bits per heavy atom. The summed E-state index contributed by atoms with van der Waals surface area (Å²) >= 11 is 0. The summed E-state index contributed by atoms with van der Waals surface area (Å²) in [5, 5.41) is 12.6. The number of aryl methyl sites for hydroxylation is 1. The number of halogens is 2. The molecule has 0 aliphatic rings. The molecule has 1 aromatic carbocycles. The first-order chi connectivity index (χ1) is 9.34. The number of alkyl halides is 2. The van der Waals surface area contributed by atoms with Crippen LogP contribution in [0.5, 0.6) is 0 Å². The van der Waals surface area contributed by atoms with Crippen molar-refractivity contribution in [3.63, 3.8) is 0 Å². The highest BCUT2D eigenvalue weighted by atomic mass is 19.3. The van der Waals surface area contributed by atoms with E-state index in [9.17, 15) is 18.4 Å². The lowest BCUT2D eigenvalue weighted by molar-refractivity contribution is -0.123. The molecule has 0 saturated carbocycles. The molecule has 2 amide bonds. The highest BCUT2D eigenvalue weighted by Gasteiger charge is 2.28. The number of carbonyl (C=O) groups excluding carboxylic acids is 2. The maximum atomic E-state index is 12.7. The highest BCUT2D eigenvalue weighted by Crippen LogP contribution is 2.09. The third kappa shape index (κ3) is 5.31. The molecule has 5 nitrogen and oxygen atoms in total. The molecule has 0 fully saturated rings. The highest BCUT2D eigenvalue weighted by molar-refractivity contribution is 5.96. The lowest BCUT2D eigenvalue weighted by Crippen LogP contribution is -2.43. The van der Waals surface area contributed by atoms with E-state index >= 15 is 0 Å². The molecule has 1 rings (SSSR count). The monoisotopic (exact) mass is 286 g/mol. The zero-order valence-corrected chi connectivity index (χ0v) is 11.0. The predicted octanol–water partition coefficient (Wildman–Crippen LogP) is 0.469.